The van der Waals surface area contributed by atoms with E-state index in [0.29, 0.717) is 60.3 Å². The van der Waals surface area contributed by atoms with E-state index in [0.717, 1.165) is 10.6 Å². The molecular weight excluding hydrogens is 590 g/mol. The summed E-state index contributed by atoms with van der Waals surface area (Å²) in [5.41, 5.74) is 1.53. The Kier molecular flexibility index (Phi) is 7.82. The second kappa shape index (κ2) is 11.2. The van der Waals surface area contributed by atoms with Crippen molar-refractivity contribution in [3.05, 3.63) is 44.9 Å². The highest BCUT2D eigenvalue weighted by Gasteiger charge is 2.40. The average Bonchev–Trinajstić information content (AvgIpc) is 3.57. The van der Waals surface area contributed by atoms with Crippen LogP contribution in [-0.2, 0) is 32.6 Å². The van der Waals surface area contributed by atoms with Crippen molar-refractivity contribution in [2.45, 2.75) is 30.6 Å². The second-order valence-corrected chi connectivity index (χ2v) is 14.0. The third-order valence-corrected chi connectivity index (χ3v) is 11.0. The maximum atomic E-state index is 13.8. The molecule has 1 atom stereocenters. The van der Waals surface area contributed by atoms with Crippen LogP contribution in [0, 0.1) is 0 Å². The van der Waals surface area contributed by atoms with Crippen molar-refractivity contribution in [2.24, 2.45) is 0 Å². The molecule has 3 aromatic rings. The molecule has 2 fully saturated rings. The van der Waals surface area contributed by atoms with E-state index < -0.39 is 16.1 Å². The summed E-state index contributed by atoms with van der Waals surface area (Å²) in [6.07, 6.45) is 0.0106. The number of H-pyrrole nitrogens is 1. The quantitative estimate of drug-likeness (QED) is 0.458. The van der Waals surface area contributed by atoms with E-state index in [4.69, 9.17) is 16.3 Å². The monoisotopic (exact) mass is 621 g/mol. The largest absolute Gasteiger partial charge is 0.378 e. The molecule has 15 heteroatoms. The number of nitrogens with one attached hydrogen (secondary N) is 1. The molecule has 0 bridgehead atoms. The van der Waals surface area contributed by atoms with Gasteiger partial charge in [-0.3, -0.25) is 9.59 Å². The van der Waals surface area contributed by atoms with Crippen molar-refractivity contribution in [1.82, 2.24) is 34.1 Å². The van der Waals surface area contributed by atoms with E-state index in [-0.39, 0.29) is 42.9 Å². The Labute approximate surface area is 247 Å². The van der Waals surface area contributed by atoms with Crippen molar-refractivity contribution >= 4 is 55.7 Å². The molecule has 3 aliphatic heterocycles. The topological polar surface area (TPSA) is 122 Å². The third-order valence-electron chi connectivity index (χ3n) is 7.95. The molecular formula is C26H32ClN7O5S2. The smallest absolute Gasteiger partial charge is 0.283 e. The molecule has 2 aromatic heterocycles. The van der Waals surface area contributed by atoms with Gasteiger partial charge < -0.3 is 19.5 Å². The molecule has 2 saturated heterocycles. The molecule has 220 valence electrons. The Morgan fingerprint density at radius 1 is 1.10 bits per heavy atom. The number of carbonyl (C=O) groups is 2. The van der Waals surface area contributed by atoms with Crippen LogP contribution in [0.25, 0.3) is 10.9 Å². The molecule has 3 aliphatic rings. The van der Waals surface area contributed by atoms with Gasteiger partial charge in [-0.1, -0.05) is 11.6 Å². The standard InChI is InChI=1S/C26H32ClN7O5S2/c1-30-15-21-22(16-31(30)2)40-25(29-21)26(36)34-6-5-33(14-19(34)13-24(35)32-7-9-39-10-8-32)41(37,38)23-12-17-11-18(27)3-4-20(17)28-23/h3-4,11-12,19,28H,5-10,13-16H2,1-2H3. The number of aromatic nitrogens is 2. The van der Waals surface area contributed by atoms with Crippen LogP contribution >= 0.6 is 22.9 Å². The van der Waals surface area contributed by atoms with Crippen LogP contribution in [0.3, 0.4) is 0 Å². The Bertz CT molecular complexity index is 1560. The molecule has 0 radical (unpaired) electrons. The van der Waals surface area contributed by atoms with Gasteiger partial charge in [0.2, 0.25) is 5.91 Å². The van der Waals surface area contributed by atoms with E-state index in [1.54, 1.807) is 34.1 Å². The van der Waals surface area contributed by atoms with Crippen molar-refractivity contribution < 1.29 is 22.7 Å². The zero-order valence-corrected chi connectivity index (χ0v) is 25.3. The number of carbonyl (C=O) groups excluding carboxylic acids is 2. The van der Waals surface area contributed by atoms with Gasteiger partial charge in [0.25, 0.3) is 15.9 Å². The predicted octanol–water partition coefficient (Wildman–Crippen LogP) is 1.83. The Morgan fingerprint density at radius 2 is 1.85 bits per heavy atom. The maximum absolute atomic E-state index is 13.8. The highest BCUT2D eigenvalue weighted by molar-refractivity contribution is 7.89. The van der Waals surface area contributed by atoms with Crippen molar-refractivity contribution in [3.63, 3.8) is 0 Å². The Balaban J connectivity index is 1.27. The lowest BCUT2D eigenvalue weighted by atomic mass is 10.1. The molecule has 2 amide bonds. The van der Waals surface area contributed by atoms with Crippen LogP contribution in [0.1, 0.15) is 26.8 Å². The van der Waals surface area contributed by atoms with Crippen LogP contribution < -0.4 is 0 Å². The number of morpholine rings is 1. The number of hydrogen-bond donors (Lipinski definition) is 1. The molecule has 0 spiro atoms. The minimum Gasteiger partial charge on any atom is -0.378 e. The fourth-order valence-electron chi connectivity index (χ4n) is 5.50. The molecule has 1 unspecified atom stereocenters. The third kappa shape index (κ3) is 5.61. The molecule has 5 heterocycles. The van der Waals surface area contributed by atoms with E-state index in [1.165, 1.54) is 15.6 Å². The van der Waals surface area contributed by atoms with Crippen LogP contribution in [0.2, 0.25) is 5.02 Å². The van der Waals surface area contributed by atoms with Gasteiger partial charge in [-0.25, -0.2) is 23.4 Å². The van der Waals surface area contributed by atoms with Gasteiger partial charge in [0.1, 0.15) is 5.03 Å². The molecule has 12 nitrogen and oxygen atoms in total. The van der Waals surface area contributed by atoms with E-state index in [1.807, 2.05) is 19.1 Å². The summed E-state index contributed by atoms with van der Waals surface area (Å²) in [7, 11) is 0.0248. The van der Waals surface area contributed by atoms with Gasteiger partial charge in [0.05, 0.1) is 31.5 Å². The number of benzene rings is 1. The number of thiazole rings is 1. The summed E-state index contributed by atoms with van der Waals surface area (Å²) in [6, 6.07) is 6.05. The highest BCUT2D eigenvalue weighted by Crippen LogP contribution is 2.30. The molecule has 1 N–H and O–H groups in total. The number of hydrazine groups is 1. The first kappa shape index (κ1) is 28.5. The summed E-state index contributed by atoms with van der Waals surface area (Å²) in [4.78, 5) is 39.2. The first-order valence-electron chi connectivity index (χ1n) is 13.5. The lowest BCUT2D eigenvalue weighted by Crippen LogP contribution is -2.58. The molecule has 0 saturated carbocycles. The number of hydrogen-bond acceptors (Lipinski definition) is 9. The number of rotatable bonds is 5. The normalized spacial score (nSPS) is 21.4. The van der Waals surface area contributed by atoms with Crippen LogP contribution in [0.5, 0.6) is 0 Å². The van der Waals surface area contributed by atoms with Crippen molar-refractivity contribution in [3.8, 4) is 0 Å². The maximum Gasteiger partial charge on any atom is 0.283 e. The van der Waals surface area contributed by atoms with Crippen LogP contribution in [0.4, 0.5) is 0 Å². The summed E-state index contributed by atoms with van der Waals surface area (Å²) in [5, 5.41) is 5.73. The number of piperazine rings is 1. The van der Waals surface area contributed by atoms with E-state index >= 15 is 0 Å². The number of amides is 2. The molecule has 41 heavy (non-hydrogen) atoms. The van der Waals surface area contributed by atoms with Gasteiger partial charge in [-0.05, 0) is 24.3 Å². The van der Waals surface area contributed by atoms with Gasteiger partial charge in [0.15, 0.2) is 5.01 Å². The zero-order valence-electron chi connectivity index (χ0n) is 22.9. The predicted molar refractivity (Wildman–Crippen MR) is 154 cm³/mol. The zero-order chi connectivity index (χ0) is 28.9. The minimum absolute atomic E-state index is 0.00314. The van der Waals surface area contributed by atoms with Crippen molar-refractivity contribution in [1.29, 1.82) is 0 Å². The van der Waals surface area contributed by atoms with Gasteiger partial charge in [0, 0.05) is 80.6 Å². The number of ether oxygens (including phenoxy) is 1. The SMILES string of the molecule is CN1Cc2nc(C(=O)N3CCN(S(=O)(=O)c4cc5cc(Cl)ccc5[nH]4)CC3CC(=O)N3CCOCC3)sc2CN1C. The number of aromatic amines is 1. The van der Waals surface area contributed by atoms with Gasteiger partial charge in [-0.15, -0.1) is 11.3 Å². The summed E-state index contributed by atoms with van der Waals surface area (Å²) in [5.74, 6) is -0.399. The lowest BCUT2D eigenvalue weighted by molar-refractivity contribution is -0.136. The van der Waals surface area contributed by atoms with E-state index in [2.05, 4.69) is 15.0 Å². The van der Waals surface area contributed by atoms with Gasteiger partial charge in [-0.2, -0.15) is 4.31 Å². The first-order valence-corrected chi connectivity index (χ1v) is 16.1. The molecule has 1 aromatic carbocycles. The van der Waals surface area contributed by atoms with Crippen molar-refractivity contribution in [2.75, 3.05) is 60.0 Å². The van der Waals surface area contributed by atoms with Crippen LogP contribution in [-0.4, -0.2) is 120 Å². The number of halogens is 1. The molecule has 6 rings (SSSR count). The first-order chi connectivity index (χ1) is 19.6. The lowest BCUT2D eigenvalue weighted by Gasteiger charge is -2.41. The fourth-order valence-corrected chi connectivity index (χ4v) is 8.23. The molecule has 0 aliphatic carbocycles. The Hall–Kier alpha value is -2.59. The summed E-state index contributed by atoms with van der Waals surface area (Å²) < 4.78 is 34.2. The highest BCUT2D eigenvalue weighted by atomic mass is 35.5. The number of sulfonamides is 1. The average molecular weight is 622 g/mol. The van der Waals surface area contributed by atoms with Crippen LogP contribution in [0.15, 0.2) is 29.3 Å². The summed E-state index contributed by atoms with van der Waals surface area (Å²) in [6.45, 7) is 3.37. The van der Waals surface area contributed by atoms with Gasteiger partial charge >= 0.3 is 0 Å². The summed E-state index contributed by atoms with van der Waals surface area (Å²) >= 11 is 7.47. The Morgan fingerprint density at radius 3 is 2.63 bits per heavy atom. The number of fused-ring (bicyclic) bond motifs is 2. The van der Waals surface area contributed by atoms with E-state index in [9.17, 15) is 18.0 Å². The minimum atomic E-state index is -3.93. The fraction of sp³-hybridized carbons (Fsp3) is 0.500. The number of nitrogens with zero attached hydrogens (tertiary/aromatic N) is 6. The second-order valence-electron chi connectivity index (χ2n) is 10.6.